The summed E-state index contributed by atoms with van der Waals surface area (Å²) in [5, 5.41) is 9.92. The summed E-state index contributed by atoms with van der Waals surface area (Å²) in [4.78, 5) is 4.88. The molecule has 0 atom stereocenters. The van der Waals surface area contributed by atoms with Crippen LogP contribution in [0.3, 0.4) is 0 Å². The number of aromatic nitrogens is 1. The molecule has 3 rings (SSSR count). The van der Waals surface area contributed by atoms with Crippen LogP contribution < -0.4 is 5.73 Å². The number of aromatic amines is 1. The quantitative estimate of drug-likeness (QED) is 0.749. The van der Waals surface area contributed by atoms with Crippen LogP contribution >= 0.6 is 11.8 Å². The zero-order valence-corrected chi connectivity index (χ0v) is 11.2. The lowest BCUT2D eigenvalue weighted by Crippen LogP contribution is -1.86. The van der Waals surface area contributed by atoms with E-state index < -0.39 is 0 Å². The maximum absolute atomic E-state index is 12.9. The van der Waals surface area contributed by atoms with Gasteiger partial charge in [0.1, 0.15) is 23.3 Å². The zero-order chi connectivity index (χ0) is 14.1. The van der Waals surface area contributed by atoms with E-state index in [9.17, 15) is 4.39 Å². The Bertz CT molecular complexity index is 815. The third kappa shape index (κ3) is 2.22. The highest BCUT2D eigenvalue weighted by atomic mass is 32.2. The summed E-state index contributed by atoms with van der Waals surface area (Å²) in [7, 11) is 0. The molecular formula is C15H10FN3S. The van der Waals surface area contributed by atoms with E-state index in [1.807, 2.05) is 18.2 Å². The van der Waals surface area contributed by atoms with Gasteiger partial charge >= 0.3 is 0 Å². The molecule has 0 aliphatic carbocycles. The maximum atomic E-state index is 12.9. The number of nitrogens with one attached hydrogen (secondary N) is 1. The molecular weight excluding hydrogens is 273 g/mol. The number of hydrogen-bond acceptors (Lipinski definition) is 3. The molecule has 1 heterocycles. The highest BCUT2D eigenvalue weighted by Gasteiger charge is 2.09. The van der Waals surface area contributed by atoms with E-state index in [4.69, 9.17) is 11.0 Å². The first-order chi connectivity index (χ1) is 9.67. The average molecular weight is 283 g/mol. The number of nitrogen functional groups attached to an aromatic ring is 1. The van der Waals surface area contributed by atoms with Crippen LogP contribution in [0, 0.1) is 17.1 Å². The molecule has 3 nitrogen and oxygen atoms in total. The van der Waals surface area contributed by atoms with Crippen molar-refractivity contribution in [1.82, 2.24) is 4.98 Å². The van der Waals surface area contributed by atoms with E-state index in [0.717, 1.165) is 20.7 Å². The number of halogens is 1. The highest BCUT2D eigenvalue weighted by molar-refractivity contribution is 7.99. The number of nitrogens with two attached hydrogens (primary N) is 1. The van der Waals surface area contributed by atoms with Gasteiger partial charge in [0.05, 0.1) is 0 Å². The van der Waals surface area contributed by atoms with Crippen molar-refractivity contribution in [1.29, 1.82) is 5.26 Å². The molecule has 0 bridgehead atoms. The molecule has 98 valence electrons. The number of anilines is 1. The summed E-state index contributed by atoms with van der Waals surface area (Å²) in [6, 6.07) is 14.1. The van der Waals surface area contributed by atoms with Crippen LogP contribution in [0.4, 0.5) is 10.2 Å². The Kier molecular flexibility index (Phi) is 3.09. The highest BCUT2D eigenvalue weighted by Crippen LogP contribution is 2.32. The lowest BCUT2D eigenvalue weighted by Gasteiger charge is -2.02. The molecule has 0 radical (unpaired) electrons. The van der Waals surface area contributed by atoms with Crippen molar-refractivity contribution >= 4 is 28.5 Å². The number of hydrogen-bond donors (Lipinski definition) is 2. The molecule has 0 amide bonds. The van der Waals surface area contributed by atoms with Gasteiger partial charge in [0.2, 0.25) is 0 Å². The largest absolute Gasteiger partial charge is 0.384 e. The lowest BCUT2D eigenvalue weighted by molar-refractivity contribution is 0.626. The first-order valence-electron chi connectivity index (χ1n) is 5.92. The van der Waals surface area contributed by atoms with E-state index >= 15 is 0 Å². The first kappa shape index (κ1) is 12.6. The molecule has 5 heteroatoms. The number of nitrogens with zero attached hydrogens (tertiary/aromatic N) is 1. The van der Waals surface area contributed by atoms with Crippen LogP contribution in [0.15, 0.2) is 52.3 Å². The molecule has 0 spiro atoms. The van der Waals surface area contributed by atoms with E-state index in [-0.39, 0.29) is 5.82 Å². The molecule has 3 aromatic rings. The lowest BCUT2D eigenvalue weighted by atomic mass is 10.2. The van der Waals surface area contributed by atoms with Crippen LogP contribution in [-0.4, -0.2) is 4.98 Å². The molecule has 0 aliphatic rings. The Morgan fingerprint density at radius 3 is 2.50 bits per heavy atom. The number of H-pyrrole nitrogens is 1. The average Bonchev–Trinajstić information content (AvgIpc) is 2.76. The number of rotatable bonds is 2. The van der Waals surface area contributed by atoms with Crippen molar-refractivity contribution in [2.45, 2.75) is 9.79 Å². The molecule has 1 aromatic heterocycles. The first-order valence-corrected chi connectivity index (χ1v) is 6.74. The standard InChI is InChI=1S/C15H10FN3S/c16-9-1-3-10(4-2-9)20-11-5-6-14-12(7-11)13(8-17)15(18)19-14/h1-7,19H,18H2. The van der Waals surface area contributed by atoms with E-state index in [1.54, 1.807) is 12.1 Å². The summed E-state index contributed by atoms with van der Waals surface area (Å²) in [5.74, 6) is 0.126. The zero-order valence-electron chi connectivity index (χ0n) is 10.4. The minimum Gasteiger partial charge on any atom is -0.384 e. The maximum Gasteiger partial charge on any atom is 0.123 e. The Balaban J connectivity index is 2.00. The van der Waals surface area contributed by atoms with Crippen LogP contribution in [0.1, 0.15) is 5.56 Å². The van der Waals surface area contributed by atoms with Gasteiger partial charge in [0, 0.05) is 20.7 Å². The van der Waals surface area contributed by atoms with Crippen molar-refractivity contribution in [3.8, 4) is 6.07 Å². The number of benzene rings is 2. The SMILES string of the molecule is N#Cc1c(N)[nH]c2ccc(Sc3ccc(F)cc3)cc12. The predicted molar refractivity (Wildman–Crippen MR) is 77.9 cm³/mol. The van der Waals surface area contributed by atoms with Gasteiger partial charge < -0.3 is 10.7 Å². The molecule has 0 unspecified atom stereocenters. The fourth-order valence-electron chi connectivity index (χ4n) is 2.01. The summed E-state index contributed by atoms with van der Waals surface area (Å²) in [6.07, 6.45) is 0. The Morgan fingerprint density at radius 2 is 1.80 bits per heavy atom. The Labute approximate surface area is 119 Å². The van der Waals surface area contributed by atoms with Gasteiger partial charge in [-0.05, 0) is 42.5 Å². The fourth-order valence-corrected chi connectivity index (χ4v) is 2.87. The van der Waals surface area contributed by atoms with E-state index in [2.05, 4.69) is 11.1 Å². The molecule has 0 fully saturated rings. The van der Waals surface area contributed by atoms with Gasteiger partial charge in [-0.1, -0.05) is 11.8 Å². The van der Waals surface area contributed by atoms with Crippen LogP contribution in [0.25, 0.3) is 10.9 Å². The second-order valence-electron chi connectivity index (χ2n) is 4.29. The molecule has 2 aromatic carbocycles. The van der Waals surface area contributed by atoms with Gasteiger partial charge in [-0.15, -0.1) is 0 Å². The molecule has 20 heavy (non-hydrogen) atoms. The van der Waals surface area contributed by atoms with Gasteiger partial charge in [0.25, 0.3) is 0 Å². The monoisotopic (exact) mass is 283 g/mol. The van der Waals surface area contributed by atoms with Crippen molar-refractivity contribution in [3.63, 3.8) is 0 Å². The van der Waals surface area contributed by atoms with Crippen molar-refractivity contribution in [2.24, 2.45) is 0 Å². The normalized spacial score (nSPS) is 10.6. The predicted octanol–water partition coefficient (Wildman–Crippen LogP) is 3.91. The molecule has 0 saturated heterocycles. The number of nitriles is 1. The summed E-state index contributed by atoms with van der Waals surface area (Å²) < 4.78 is 12.9. The summed E-state index contributed by atoms with van der Waals surface area (Å²) in [6.45, 7) is 0. The van der Waals surface area contributed by atoms with E-state index in [1.165, 1.54) is 23.9 Å². The smallest absolute Gasteiger partial charge is 0.123 e. The van der Waals surface area contributed by atoms with Gasteiger partial charge in [-0.2, -0.15) is 5.26 Å². The third-order valence-corrected chi connectivity index (χ3v) is 3.96. The van der Waals surface area contributed by atoms with Crippen molar-refractivity contribution in [3.05, 3.63) is 53.8 Å². The fraction of sp³-hybridized carbons (Fsp3) is 0. The van der Waals surface area contributed by atoms with Gasteiger partial charge in [0.15, 0.2) is 0 Å². The Hall–Kier alpha value is -2.45. The summed E-state index contributed by atoms with van der Waals surface area (Å²) in [5.41, 5.74) is 7.05. The van der Waals surface area contributed by atoms with Crippen LogP contribution in [0.2, 0.25) is 0 Å². The second kappa shape index (κ2) is 4.91. The van der Waals surface area contributed by atoms with Crippen LogP contribution in [-0.2, 0) is 0 Å². The third-order valence-electron chi connectivity index (χ3n) is 2.96. The molecule has 3 N–H and O–H groups in total. The number of fused-ring (bicyclic) bond motifs is 1. The van der Waals surface area contributed by atoms with Crippen molar-refractivity contribution < 1.29 is 4.39 Å². The van der Waals surface area contributed by atoms with Gasteiger partial charge in [-0.3, -0.25) is 0 Å². The second-order valence-corrected chi connectivity index (χ2v) is 5.44. The topological polar surface area (TPSA) is 65.6 Å². The van der Waals surface area contributed by atoms with E-state index in [0.29, 0.717) is 11.4 Å². The van der Waals surface area contributed by atoms with Gasteiger partial charge in [-0.25, -0.2) is 4.39 Å². The minimum atomic E-state index is -0.255. The molecule has 0 saturated carbocycles. The summed E-state index contributed by atoms with van der Waals surface area (Å²) >= 11 is 1.51. The minimum absolute atomic E-state index is 0.255. The Morgan fingerprint density at radius 1 is 1.10 bits per heavy atom. The van der Waals surface area contributed by atoms with Crippen LogP contribution in [0.5, 0.6) is 0 Å². The molecule has 0 aliphatic heterocycles. The van der Waals surface area contributed by atoms with Crippen molar-refractivity contribution in [2.75, 3.05) is 5.73 Å².